The standard InChI is InChI=1S/C16H19BrN4O/c1-21(2)9-8-19-16(22)15-11-14(6-7-18-15)20-13-5-3-4-12(17)10-13/h3-7,10-11H,8-9H2,1-2H3,(H,18,20)(H,19,22). The van der Waals surface area contributed by atoms with E-state index >= 15 is 0 Å². The average molecular weight is 363 g/mol. The number of anilines is 2. The molecule has 0 saturated carbocycles. The number of rotatable bonds is 6. The fourth-order valence-corrected chi connectivity index (χ4v) is 2.25. The highest BCUT2D eigenvalue weighted by atomic mass is 79.9. The van der Waals surface area contributed by atoms with Crippen LogP contribution in [0.4, 0.5) is 11.4 Å². The van der Waals surface area contributed by atoms with E-state index in [9.17, 15) is 4.79 Å². The van der Waals surface area contributed by atoms with Gasteiger partial charge in [-0.3, -0.25) is 9.78 Å². The maximum atomic E-state index is 12.1. The Hall–Kier alpha value is -1.92. The lowest BCUT2D eigenvalue weighted by Crippen LogP contribution is -2.31. The van der Waals surface area contributed by atoms with E-state index in [2.05, 4.69) is 31.5 Å². The minimum Gasteiger partial charge on any atom is -0.355 e. The molecule has 6 heteroatoms. The van der Waals surface area contributed by atoms with E-state index < -0.39 is 0 Å². The average Bonchev–Trinajstić information content (AvgIpc) is 2.47. The van der Waals surface area contributed by atoms with Crippen LogP contribution in [0.3, 0.4) is 0 Å². The summed E-state index contributed by atoms with van der Waals surface area (Å²) in [7, 11) is 3.93. The predicted octanol–water partition coefficient (Wildman–Crippen LogP) is 2.88. The fourth-order valence-electron chi connectivity index (χ4n) is 1.85. The third kappa shape index (κ3) is 5.13. The van der Waals surface area contributed by atoms with Crippen LogP contribution in [0, 0.1) is 0 Å². The van der Waals surface area contributed by atoms with E-state index in [4.69, 9.17) is 0 Å². The lowest BCUT2D eigenvalue weighted by molar-refractivity contribution is 0.0946. The van der Waals surface area contributed by atoms with Crippen molar-refractivity contribution in [1.82, 2.24) is 15.2 Å². The largest absolute Gasteiger partial charge is 0.355 e. The van der Waals surface area contributed by atoms with Crippen LogP contribution in [0.25, 0.3) is 0 Å². The second-order valence-corrected chi connectivity index (χ2v) is 6.04. The van der Waals surface area contributed by atoms with E-state index in [1.807, 2.05) is 49.3 Å². The summed E-state index contributed by atoms with van der Waals surface area (Å²) in [5, 5.41) is 6.11. The molecule has 0 unspecified atom stereocenters. The third-order valence-corrected chi connectivity index (χ3v) is 3.44. The molecule has 1 amide bonds. The van der Waals surface area contributed by atoms with Crippen LogP contribution >= 0.6 is 15.9 Å². The highest BCUT2D eigenvalue weighted by molar-refractivity contribution is 9.10. The number of hydrogen-bond donors (Lipinski definition) is 2. The van der Waals surface area contributed by atoms with Crippen molar-refractivity contribution in [3.8, 4) is 0 Å². The number of nitrogens with one attached hydrogen (secondary N) is 2. The molecule has 2 rings (SSSR count). The molecule has 2 aromatic rings. The molecule has 5 nitrogen and oxygen atoms in total. The summed E-state index contributed by atoms with van der Waals surface area (Å²) in [6.07, 6.45) is 1.63. The first-order valence-corrected chi connectivity index (χ1v) is 7.75. The molecule has 0 fully saturated rings. The molecular weight excluding hydrogens is 344 g/mol. The van der Waals surface area contributed by atoms with Crippen molar-refractivity contribution in [3.63, 3.8) is 0 Å². The molecule has 0 bridgehead atoms. The Balaban J connectivity index is 2.01. The zero-order valence-corrected chi connectivity index (χ0v) is 14.2. The van der Waals surface area contributed by atoms with Gasteiger partial charge in [-0.1, -0.05) is 22.0 Å². The van der Waals surface area contributed by atoms with Gasteiger partial charge in [0.05, 0.1) is 0 Å². The Labute approximate surface area is 138 Å². The van der Waals surface area contributed by atoms with E-state index in [0.29, 0.717) is 12.2 Å². The molecule has 0 aliphatic carbocycles. The summed E-state index contributed by atoms with van der Waals surface area (Å²) in [5.74, 6) is -0.167. The fraction of sp³-hybridized carbons (Fsp3) is 0.250. The van der Waals surface area contributed by atoms with Crippen molar-refractivity contribution in [3.05, 3.63) is 52.8 Å². The smallest absolute Gasteiger partial charge is 0.269 e. The van der Waals surface area contributed by atoms with Gasteiger partial charge in [0, 0.05) is 35.1 Å². The molecule has 0 radical (unpaired) electrons. The number of nitrogens with zero attached hydrogens (tertiary/aromatic N) is 2. The first kappa shape index (κ1) is 16.5. The normalized spacial score (nSPS) is 10.5. The van der Waals surface area contributed by atoms with Crippen molar-refractivity contribution in [2.75, 3.05) is 32.5 Å². The second-order valence-electron chi connectivity index (χ2n) is 5.12. The number of hydrogen-bond acceptors (Lipinski definition) is 4. The van der Waals surface area contributed by atoms with Crippen LogP contribution in [0.2, 0.25) is 0 Å². The first-order valence-electron chi connectivity index (χ1n) is 6.96. The van der Waals surface area contributed by atoms with Crippen LogP contribution < -0.4 is 10.6 Å². The summed E-state index contributed by atoms with van der Waals surface area (Å²) in [6, 6.07) is 11.4. The molecule has 22 heavy (non-hydrogen) atoms. The molecule has 1 heterocycles. The summed E-state index contributed by atoms with van der Waals surface area (Å²) in [5.41, 5.74) is 2.17. The zero-order valence-electron chi connectivity index (χ0n) is 12.6. The van der Waals surface area contributed by atoms with Crippen molar-refractivity contribution in [1.29, 1.82) is 0 Å². The predicted molar refractivity (Wildman–Crippen MR) is 92.5 cm³/mol. The van der Waals surface area contributed by atoms with Gasteiger partial charge in [-0.2, -0.15) is 0 Å². The molecule has 116 valence electrons. The number of carbonyl (C=O) groups is 1. The molecule has 2 N–H and O–H groups in total. The lowest BCUT2D eigenvalue weighted by Gasteiger charge is -2.11. The van der Waals surface area contributed by atoms with Gasteiger partial charge in [-0.05, 0) is 44.4 Å². The van der Waals surface area contributed by atoms with Gasteiger partial charge >= 0.3 is 0 Å². The molecule has 1 aromatic carbocycles. The maximum Gasteiger partial charge on any atom is 0.269 e. The first-order chi connectivity index (χ1) is 10.5. The molecule has 1 aromatic heterocycles. The maximum absolute atomic E-state index is 12.1. The van der Waals surface area contributed by atoms with Gasteiger partial charge in [0.25, 0.3) is 5.91 Å². The van der Waals surface area contributed by atoms with Gasteiger partial charge in [0.15, 0.2) is 0 Å². The van der Waals surface area contributed by atoms with Crippen LogP contribution in [-0.4, -0.2) is 43.0 Å². The number of halogens is 1. The quantitative estimate of drug-likeness (QED) is 0.829. The van der Waals surface area contributed by atoms with Gasteiger partial charge < -0.3 is 15.5 Å². The van der Waals surface area contributed by atoms with Gasteiger partial charge in [-0.25, -0.2) is 0 Å². The minimum atomic E-state index is -0.167. The zero-order chi connectivity index (χ0) is 15.9. The topological polar surface area (TPSA) is 57.3 Å². The number of carbonyl (C=O) groups excluding carboxylic acids is 1. The van der Waals surface area contributed by atoms with E-state index in [1.54, 1.807) is 12.3 Å². The molecule has 0 saturated heterocycles. The second kappa shape index (κ2) is 7.91. The van der Waals surface area contributed by atoms with Crippen molar-refractivity contribution in [2.24, 2.45) is 0 Å². The lowest BCUT2D eigenvalue weighted by atomic mass is 10.2. The Morgan fingerprint density at radius 2 is 2.00 bits per heavy atom. The minimum absolute atomic E-state index is 0.167. The van der Waals surface area contributed by atoms with Gasteiger partial charge in [0.1, 0.15) is 5.69 Å². The van der Waals surface area contributed by atoms with Crippen LogP contribution in [0.15, 0.2) is 47.1 Å². The molecule has 0 aliphatic heterocycles. The third-order valence-electron chi connectivity index (χ3n) is 2.95. The van der Waals surface area contributed by atoms with E-state index in [-0.39, 0.29) is 5.91 Å². The summed E-state index contributed by atoms with van der Waals surface area (Å²) in [4.78, 5) is 18.2. The Morgan fingerprint density at radius 1 is 1.23 bits per heavy atom. The number of pyridine rings is 1. The highest BCUT2D eigenvalue weighted by Gasteiger charge is 2.07. The molecule has 0 aliphatic rings. The monoisotopic (exact) mass is 362 g/mol. The summed E-state index contributed by atoms with van der Waals surface area (Å²) < 4.78 is 0.994. The Bertz CT molecular complexity index is 646. The molecule has 0 atom stereocenters. The number of amides is 1. The van der Waals surface area contributed by atoms with E-state index in [1.165, 1.54) is 0 Å². The van der Waals surface area contributed by atoms with Crippen molar-refractivity contribution >= 4 is 33.2 Å². The SMILES string of the molecule is CN(C)CCNC(=O)c1cc(Nc2cccc(Br)c2)ccn1. The Kier molecular flexibility index (Phi) is 5.91. The van der Waals surface area contributed by atoms with E-state index in [0.717, 1.165) is 22.4 Å². The summed E-state index contributed by atoms with van der Waals surface area (Å²) >= 11 is 3.43. The van der Waals surface area contributed by atoms with Crippen LogP contribution in [-0.2, 0) is 0 Å². The van der Waals surface area contributed by atoms with Gasteiger partial charge in [-0.15, -0.1) is 0 Å². The Morgan fingerprint density at radius 3 is 2.73 bits per heavy atom. The molecule has 0 spiro atoms. The summed E-state index contributed by atoms with van der Waals surface area (Å²) in [6.45, 7) is 1.39. The molecular formula is C16H19BrN4O. The number of benzene rings is 1. The van der Waals surface area contributed by atoms with Gasteiger partial charge in [0.2, 0.25) is 0 Å². The highest BCUT2D eigenvalue weighted by Crippen LogP contribution is 2.20. The number of likely N-dealkylation sites (N-methyl/N-ethyl adjacent to an activating group) is 1. The number of aromatic nitrogens is 1. The van der Waals surface area contributed by atoms with Crippen LogP contribution in [0.1, 0.15) is 10.5 Å². The van der Waals surface area contributed by atoms with Crippen LogP contribution in [0.5, 0.6) is 0 Å². The van der Waals surface area contributed by atoms with Crippen molar-refractivity contribution in [2.45, 2.75) is 0 Å². The van der Waals surface area contributed by atoms with Crippen molar-refractivity contribution < 1.29 is 4.79 Å².